The standard InChI is InChI=1S/C17H15ClFNOS2/c18-14-10-13(6-7-15(14)19)20-16(21)11-2-4-12(5-3-11)17-22-8-1-9-23-17/h2-7,10,17H,1,8-9H2,(H,20,21). The molecule has 0 bridgehead atoms. The molecule has 6 heteroatoms. The Bertz CT molecular complexity index is 702. The zero-order valence-electron chi connectivity index (χ0n) is 12.2. The van der Waals surface area contributed by atoms with Crippen LogP contribution in [-0.4, -0.2) is 17.4 Å². The number of carbonyl (C=O) groups excluding carboxylic acids is 1. The van der Waals surface area contributed by atoms with Gasteiger partial charge in [0.05, 0.1) is 9.60 Å². The van der Waals surface area contributed by atoms with E-state index >= 15 is 0 Å². The largest absolute Gasteiger partial charge is 0.322 e. The molecule has 1 heterocycles. The van der Waals surface area contributed by atoms with Crippen molar-refractivity contribution in [2.45, 2.75) is 11.0 Å². The van der Waals surface area contributed by atoms with Crippen molar-refractivity contribution in [2.24, 2.45) is 0 Å². The minimum Gasteiger partial charge on any atom is -0.322 e. The molecule has 2 nitrogen and oxygen atoms in total. The topological polar surface area (TPSA) is 29.1 Å². The van der Waals surface area contributed by atoms with Gasteiger partial charge in [0.25, 0.3) is 5.91 Å². The number of benzene rings is 2. The van der Waals surface area contributed by atoms with Crippen LogP contribution in [0.5, 0.6) is 0 Å². The maximum absolute atomic E-state index is 13.1. The molecule has 0 spiro atoms. The summed E-state index contributed by atoms with van der Waals surface area (Å²) in [5, 5.41) is 2.72. The number of thioether (sulfide) groups is 2. The van der Waals surface area contributed by atoms with Gasteiger partial charge in [-0.2, -0.15) is 0 Å². The van der Waals surface area contributed by atoms with E-state index in [1.165, 1.54) is 41.7 Å². The van der Waals surface area contributed by atoms with Gasteiger partial charge in [-0.3, -0.25) is 4.79 Å². The molecule has 0 atom stereocenters. The first-order chi connectivity index (χ1) is 11.1. The second-order valence-electron chi connectivity index (χ2n) is 5.13. The second kappa shape index (κ2) is 7.60. The van der Waals surface area contributed by atoms with Gasteiger partial charge in [0.1, 0.15) is 5.82 Å². The quantitative estimate of drug-likeness (QED) is 0.765. The van der Waals surface area contributed by atoms with Crippen LogP contribution in [0.3, 0.4) is 0 Å². The van der Waals surface area contributed by atoms with Gasteiger partial charge in [-0.1, -0.05) is 23.7 Å². The van der Waals surface area contributed by atoms with Crippen LogP contribution in [0.25, 0.3) is 0 Å². The minimum atomic E-state index is -0.503. The molecule has 1 aliphatic rings. The van der Waals surface area contributed by atoms with Gasteiger partial charge in [0.15, 0.2) is 0 Å². The van der Waals surface area contributed by atoms with Gasteiger partial charge >= 0.3 is 0 Å². The maximum atomic E-state index is 13.1. The van der Waals surface area contributed by atoms with E-state index in [2.05, 4.69) is 5.32 Å². The molecule has 1 saturated heterocycles. The molecule has 23 heavy (non-hydrogen) atoms. The molecule has 0 aliphatic carbocycles. The Labute approximate surface area is 148 Å². The molecular weight excluding hydrogens is 353 g/mol. The Balaban J connectivity index is 1.68. The lowest BCUT2D eigenvalue weighted by Crippen LogP contribution is -2.12. The Hall–Kier alpha value is -1.17. The van der Waals surface area contributed by atoms with Gasteiger partial charge in [-0.05, 0) is 53.8 Å². The molecule has 1 amide bonds. The Morgan fingerprint density at radius 1 is 1.13 bits per heavy atom. The van der Waals surface area contributed by atoms with Crippen molar-refractivity contribution in [3.63, 3.8) is 0 Å². The van der Waals surface area contributed by atoms with Crippen LogP contribution in [0.2, 0.25) is 5.02 Å². The SMILES string of the molecule is O=C(Nc1ccc(F)c(Cl)c1)c1ccc(C2SCCCS2)cc1. The lowest BCUT2D eigenvalue weighted by molar-refractivity contribution is 0.102. The molecule has 1 aliphatic heterocycles. The highest BCUT2D eigenvalue weighted by Gasteiger charge is 2.17. The van der Waals surface area contributed by atoms with E-state index in [0.717, 1.165) is 0 Å². The molecule has 1 N–H and O–H groups in total. The zero-order chi connectivity index (χ0) is 16.2. The summed E-state index contributed by atoms with van der Waals surface area (Å²) in [7, 11) is 0. The average Bonchev–Trinajstić information content (AvgIpc) is 2.59. The number of hydrogen-bond donors (Lipinski definition) is 1. The molecule has 1 fully saturated rings. The average molecular weight is 368 g/mol. The highest BCUT2D eigenvalue weighted by Crippen LogP contribution is 2.43. The third kappa shape index (κ3) is 4.22. The molecule has 0 aromatic heterocycles. The normalized spacial score (nSPS) is 15.4. The molecular formula is C17H15ClFNOS2. The lowest BCUT2D eigenvalue weighted by Gasteiger charge is -2.21. The second-order valence-corrected chi connectivity index (χ2v) is 8.26. The van der Waals surface area contributed by atoms with E-state index in [1.54, 1.807) is 0 Å². The van der Waals surface area contributed by atoms with Gasteiger partial charge in [0.2, 0.25) is 0 Å². The molecule has 0 unspecified atom stereocenters. The summed E-state index contributed by atoms with van der Waals surface area (Å²) in [5.74, 6) is 1.64. The minimum absolute atomic E-state index is 0.00973. The first kappa shape index (κ1) is 16.7. The van der Waals surface area contributed by atoms with E-state index in [1.807, 2.05) is 47.8 Å². The predicted molar refractivity (Wildman–Crippen MR) is 98.1 cm³/mol. The fourth-order valence-electron chi connectivity index (χ4n) is 2.25. The van der Waals surface area contributed by atoms with Gasteiger partial charge in [-0.25, -0.2) is 4.39 Å². The Kier molecular flexibility index (Phi) is 5.51. The number of rotatable bonds is 3. The molecule has 120 valence electrons. The number of amides is 1. The molecule has 0 radical (unpaired) electrons. The van der Waals surface area contributed by atoms with Crippen molar-refractivity contribution in [1.82, 2.24) is 0 Å². The van der Waals surface area contributed by atoms with E-state index in [0.29, 0.717) is 15.8 Å². The molecule has 0 saturated carbocycles. The summed E-state index contributed by atoms with van der Waals surface area (Å²) in [4.78, 5) is 12.2. The van der Waals surface area contributed by atoms with Crippen molar-refractivity contribution in [1.29, 1.82) is 0 Å². The highest BCUT2D eigenvalue weighted by molar-refractivity contribution is 8.16. The monoisotopic (exact) mass is 367 g/mol. The molecule has 2 aromatic rings. The first-order valence-corrected chi connectivity index (χ1v) is 9.70. The van der Waals surface area contributed by atoms with Crippen LogP contribution in [0.4, 0.5) is 10.1 Å². The maximum Gasteiger partial charge on any atom is 0.255 e. The Morgan fingerprint density at radius 2 is 1.83 bits per heavy atom. The van der Waals surface area contributed by atoms with Crippen LogP contribution in [-0.2, 0) is 0 Å². The van der Waals surface area contributed by atoms with Crippen molar-refractivity contribution in [3.05, 3.63) is 64.4 Å². The summed E-state index contributed by atoms with van der Waals surface area (Å²) in [6.45, 7) is 0. The summed E-state index contributed by atoms with van der Waals surface area (Å²) in [5.41, 5.74) is 2.28. The summed E-state index contributed by atoms with van der Waals surface area (Å²) >= 11 is 9.62. The predicted octanol–water partition coefficient (Wildman–Crippen LogP) is 5.60. The van der Waals surface area contributed by atoms with Crippen LogP contribution in [0.15, 0.2) is 42.5 Å². The molecule has 2 aromatic carbocycles. The number of nitrogens with one attached hydrogen (secondary N) is 1. The van der Waals surface area contributed by atoms with Crippen LogP contribution in [0, 0.1) is 5.82 Å². The highest BCUT2D eigenvalue weighted by atomic mass is 35.5. The molecule has 3 rings (SSSR count). The van der Waals surface area contributed by atoms with Crippen molar-refractivity contribution in [3.8, 4) is 0 Å². The third-order valence-electron chi connectivity index (χ3n) is 3.45. The van der Waals surface area contributed by atoms with Crippen LogP contribution in [0.1, 0.15) is 26.9 Å². The zero-order valence-corrected chi connectivity index (χ0v) is 14.6. The number of halogens is 2. The van der Waals surface area contributed by atoms with Crippen molar-refractivity contribution < 1.29 is 9.18 Å². The van der Waals surface area contributed by atoms with Crippen LogP contribution >= 0.6 is 35.1 Å². The number of carbonyl (C=O) groups is 1. The fraction of sp³-hybridized carbons (Fsp3) is 0.235. The van der Waals surface area contributed by atoms with E-state index in [-0.39, 0.29) is 10.9 Å². The van der Waals surface area contributed by atoms with Crippen molar-refractivity contribution >= 4 is 46.7 Å². The fourth-order valence-corrected chi connectivity index (χ4v) is 5.32. The number of anilines is 1. The Morgan fingerprint density at radius 3 is 2.48 bits per heavy atom. The van der Waals surface area contributed by atoms with Gasteiger partial charge in [-0.15, -0.1) is 23.5 Å². The smallest absolute Gasteiger partial charge is 0.255 e. The third-order valence-corrected chi connectivity index (χ3v) is 6.75. The summed E-state index contributed by atoms with van der Waals surface area (Å²) in [6, 6.07) is 11.8. The first-order valence-electron chi connectivity index (χ1n) is 7.23. The van der Waals surface area contributed by atoms with Gasteiger partial charge < -0.3 is 5.32 Å². The lowest BCUT2D eigenvalue weighted by atomic mass is 10.1. The summed E-state index contributed by atoms with van der Waals surface area (Å²) < 4.78 is 13.6. The van der Waals surface area contributed by atoms with Crippen molar-refractivity contribution in [2.75, 3.05) is 16.8 Å². The number of hydrogen-bond acceptors (Lipinski definition) is 3. The van der Waals surface area contributed by atoms with E-state index in [4.69, 9.17) is 11.6 Å². The van der Waals surface area contributed by atoms with Crippen LogP contribution < -0.4 is 5.32 Å². The van der Waals surface area contributed by atoms with E-state index < -0.39 is 5.82 Å². The summed E-state index contributed by atoms with van der Waals surface area (Å²) in [6.07, 6.45) is 1.26. The van der Waals surface area contributed by atoms with Gasteiger partial charge in [0, 0.05) is 11.3 Å². The van der Waals surface area contributed by atoms with E-state index in [9.17, 15) is 9.18 Å².